The van der Waals surface area contributed by atoms with E-state index in [2.05, 4.69) is 49.3 Å². The molecule has 0 unspecified atom stereocenters. The maximum absolute atomic E-state index is 5.81. The maximum atomic E-state index is 5.81. The minimum atomic E-state index is 0.210. The van der Waals surface area contributed by atoms with E-state index in [0.717, 1.165) is 24.5 Å². The van der Waals surface area contributed by atoms with Crippen molar-refractivity contribution in [1.29, 1.82) is 0 Å². The van der Waals surface area contributed by atoms with Crippen LogP contribution in [-0.4, -0.2) is 24.2 Å². The molecule has 1 aromatic heterocycles. The van der Waals surface area contributed by atoms with Crippen molar-refractivity contribution < 1.29 is 4.74 Å². The van der Waals surface area contributed by atoms with E-state index in [-0.39, 0.29) is 5.41 Å². The van der Waals surface area contributed by atoms with Crippen LogP contribution in [0.1, 0.15) is 39.2 Å². The van der Waals surface area contributed by atoms with E-state index in [1.54, 1.807) is 6.20 Å². The number of rotatable bonds is 5. The standard InChI is InChI=1S/C18H26N2O/c1-18(2,3)9-5-4-7-15-11-17(13-19-12-15)21-14-16-8-6-10-20-16/h4-5,7,9,11-13,16,20H,6,8,10,14H2,1-3H3/t16-/m1/s1. The van der Waals surface area contributed by atoms with Crippen LogP contribution in [0.25, 0.3) is 6.08 Å². The van der Waals surface area contributed by atoms with Crippen molar-refractivity contribution in [2.24, 2.45) is 5.41 Å². The summed E-state index contributed by atoms with van der Waals surface area (Å²) in [4.78, 5) is 4.24. The van der Waals surface area contributed by atoms with Gasteiger partial charge in [0.15, 0.2) is 0 Å². The number of hydrogen-bond donors (Lipinski definition) is 1. The molecular weight excluding hydrogens is 260 g/mol. The van der Waals surface area contributed by atoms with Gasteiger partial charge < -0.3 is 10.1 Å². The molecule has 1 fully saturated rings. The number of hydrogen-bond acceptors (Lipinski definition) is 3. The zero-order valence-electron chi connectivity index (χ0n) is 13.3. The van der Waals surface area contributed by atoms with Gasteiger partial charge in [-0.25, -0.2) is 0 Å². The molecule has 114 valence electrons. The highest BCUT2D eigenvalue weighted by Gasteiger charge is 2.14. The summed E-state index contributed by atoms with van der Waals surface area (Å²) in [7, 11) is 0. The molecule has 0 bridgehead atoms. The Balaban J connectivity index is 1.88. The highest BCUT2D eigenvalue weighted by Crippen LogP contribution is 2.16. The molecule has 0 saturated carbocycles. The smallest absolute Gasteiger partial charge is 0.138 e. The average Bonchev–Trinajstić information content (AvgIpc) is 2.94. The normalized spacial score (nSPS) is 19.7. The van der Waals surface area contributed by atoms with Crippen LogP contribution in [0.2, 0.25) is 0 Å². The van der Waals surface area contributed by atoms with Gasteiger partial charge in [-0.3, -0.25) is 4.98 Å². The molecule has 1 saturated heterocycles. The van der Waals surface area contributed by atoms with Crippen molar-refractivity contribution in [3.63, 3.8) is 0 Å². The first kappa shape index (κ1) is 15.8. The van der Waals surface area contributed by atoms with Crippen LogP contribution in [0.15, 0.2) is 36.7 Å². The first-order valence-corrected chi connectivity index (χ1v) is 7.70. The second kappa shape index (κ2) is 7.41. The van der Waals surface area contributed by atoms with Gasteiger partial charge >= 0.3 is 0 Å². The van der Waals surface area contributed by atoms with Crippen LogP contribution in [0.3, 0.4) is 0 Å². The van der Waals surface area contributed by atoms with Gasteiger partial charge in [0, 0.05) is 12.2 Å². The Morgan fingerprint density at radius 1 is 1.33 bits per heavy atom. The van der Waals surface area contributed by atoms with Gasteiger partial charge in [-0.1, -0.05) is 45.1 Å². The molecule has 21 heavy (non-hydrogen) atoms. The highest BCUT2D eigenvalue weighted by atomic mass is 16.5. The number of aromatic nitrogens is 1. The molecule has 0 spiro atoms. The minimum absolute atomic E-state index is 0.210. The van der Waals surface area contributed by atoms with Crippen LogP contribution in [-0.2, 0) is 0 Å². The second-order valence-corrected chi connectivity index (χ2v) is 6.64. The Kier molecular flexibility index (Phi) is 5.57. The van der Waals surface area contributed by atoms with Gasteiger partial charge in [-0.15, -0.1) is 0 Å². The zero-order valence-corrected chi connectivity index (χ0v) is 13.3. The topological polar surface area (TPSA) is 34.1 Å². The molecular formula is C18H26N2O. The largest absolute Gasteiger partial charge is 0.490 e. The summed E-state index contributed by atoms with van der Waals surface area (Å²) in [6.45, 7) is 8.38. The van der Waals surface area contributed by atoms with Crippen LogP contribution in [0.5, 0.6) is 5.75 Å². The third-order valence-corrected chi connectivity index (χ3v) is 3.34. The monoisotopic (exact) mass is 286 g/mol. The van der Waals surface area contributed by atoms with Crippen molar-refractivity contribution >= 4 is 6.08 Å². The molecule has 2 rings (SSSR count). The molecule has 1 atom stereocenters. The van der Waals surface area contributed by atoms with E-state index in [0.29, 0.717) is 6.04 Å². The summed E-state index contributed by atoms with van der Waals surface area (Å²) in [5.41, 5.74) is 1.27. The molecule has 1 aliphatic rings. The molecule has 2 heterocycles. The fourth-order valence-corrected chi connectivity index (χ4v) is 2.21. The Morgan fingerprint density at radius 3 is 2.90 bits per heavy atom. The Morgan fingerprint density at radius 2 is 2.19 bits per heavy atom. The molecule has 1 aliphatic heterocycles. The van der Waals surface area contributed by atoms with Gasteiger partial charge in [-0.05, 0) is 36.4 Å². The molecule has 1 N–H and O–H groups in total. The van der Waals surface area contributed by atoms with E-state index in [1.165, 1.54) is 12.8 Å². The van der Waals surface area contributed by atoms with Crippen molar-refractivity contribution in [2.45, 2.75) is 39.7 Å². The average molecular weight is 286 g/mol. The molecule has 0 radical (unpaired) electrons. The fraction of sp³-hybridized carbons (Fsp3) is 0.500. The summed E-state index contributed by atoms with van der Waals surface area (Å²) in [5, 5.41) is 3.43. The lowest BCUT2D eigenvalue weighted by molar-refractivity contribution is 0.276. The predicted octanol–water partition coefficient (Wildman–Crippen LogP) is 3.83. The van der Waals surface area contributed by atoms with E-state index in [4.69, 9.17) is 4.74 Å². The van der Waals surface area contributed by atoms with E-state index >= 15 is 0 Å². The highest BCUT2D eigenvalue weighted by molar-refractivity contribution is 5.51. The Hall–Kier alpha value is -1.61. The van der Waals surface area contributed by atoms with Gasteiger partial charge in [0.2, 0.25) is 0 Å². The lowest BCUT2D eigenvalue weighted by Crippen LogP contribution is -2.28. The molecule has 0 amide bonds. The number of nitrogens with one attached hydrogen (secondary N) is 1. The van der Waals surface area contributed by atoms with E-state index in [1.807, 2.05) is 18.3 Å². The van der Waals surface area contributed by atoms with E-state index < -0.39 is 0 Å². The summed E-state index contributed by atoms with van der Waals surface area (Å²) >= 11 is 0. The number of ether oxygens (including phenoxy) is 1. The van der Waals surface area contributed by atoms with Crippen molar-refractivity contribution in [1.82, 2.24) is 10.3 Å². The van der Waals surface area contributed by atoms with Gasteiger partial charge in [0.1, 0.15) is 12.4 Å². The SMILES string of the molecule is CC(C)(C)C=CC=Cc1cncc(OC[C@H]2CCCN2)c1. The first-order valence-electron chi connectivity index (χ1n) is 7.70. The molecule has 1 aromatic rings. The predicted molar refractivity (Wildman–Crippen MR) is 88.4 cm³/mol. The summed E-state index contributed by atoms with van der Waals surface area (Å²) in [6.07, 6.45) is 14.4. The van der Waals surface area contributed by atoms with Crippen molar-refractivity contribution in [2.75, 3.05) is 13.2 Å². The first-order chi connectivity index (χ1) is 10.0. The van der Waals surface area contributed by atoms with E-state index in [9.17, 15) is 0 Å². The Bertz CT molecular complexity index is 494. The lowest BCUT2D eigenvalue weighted by Gasteiger charge is -2.12. The minimum Gasteiger partial charge on any atom is -0.490 e. The molecule has 0 aliphatic carbocycles. The third-order valence-electron chi connectivity index (χ3n) is 3.34. The van der Waals surface area contributed by atoms with Gasteiger partial charge in [0.25, 0.3) is 0 Å². The van der Waals surface area contributed by atoms with Crippen molar-refractivity contribution in [3.8, 4) is 5.75 Å². The van der Waals surface area contributed by atoms with Crippen molar-refractivity contribution in [3.05, 3.63) is 42.3 Å². The van der Waals surface area contributed by atoms with Gasteiger partial charge in [-0.2, -0.15) is 0 Å². The van der Waals surface area contributed by atoms with Gasteiger partial charge in [0.05, 0.1) is 6.20 Å². The van der Waals surface area contributed by atoms with Crippen LogP contribution >= 0.6 is 0 Å². The maximum Gasteiger partial charge on any atom is 0.138 e. The molecule has 3 heteroatoms. The Labute approximate surface area is 128 Å². The third kappa shape index (κ3) is 6.13. The molecule has 0 aromatic carbocycles. The lowest BCUT2D eigenvalue weighted by atomic mass is 9.96. The summed E-state index contributed by atoms with van der Waals surface area (Å²) in [5.74, 6) is 0.839. The summed E-state index contributed by atoms with van der Waals surface area (Å²) < 4.78 is 5.81. The zero-order chi connectivity index (χ0) is 15.1. The van der Waals surface area contributed by atoms with Crippen LogP contribution in [0, 0.1) is 5.41 Å². The number of allylic oxidation sites excluding steroid dienone is 3. The van der Waals surface area contributed by atoms with Crippen LogP contribution in [0.4, 0.5) is 0 Å². The summed E-state index contributed by atoms with van der Waals surface area (Å²) in [6, 6.07) is 2.52. The molecule has 3 nitrogen and oxygen atoms in total. The number of nitrogens with zero attached hydrogens (tertiary/aromatic N) is 1. The fourth-order valence-electron chi connectivity index (χ4n) is 2.21. The van der Waals surface area contributed by atoms with Crippen LogP contribution < -0.4 is 10.1 Å². The quantitative estimate of drug-likeness (QED) is 0.835. The number of pyridine rings is 1. The second-order valence-electron chi connectivity index (χ2n) is 6.64.